The first kappa shape index (κ1) is 16.0. The van der Waals surface area contributed by atoms with Crippen molar-refractivity contribution in [3.8, 4) is 0 Å². The highest BCUT2D eigenvalue weighted by Gasteiger charge is 2.27. The summed E-state index contributed by atoms with van der Waals surface area (Å²) in [5.41, 5.74) is 7.88. The second-order valence-electron chi connectivity index (χ2n) is 6.71. The van der Waals surface area contributed by atoms with E-state index >= 15 is 0 Å². The lowest BCUT2D eigenvalue weighted by atomic mass is 9.98. The SMILES string of the molecule is CC1CC(N)CCN1C(=O)Cc1ccc(N2CCCC2=O)cc1. The summed E-state index contributed by atoms with van der Waals surface area (Å²) in [5, 5.41) is 0. The molecule has 3 rings (SSSR count). The van der Waals surface area contributed by atoms with E-state index in [1.165, 1.54) is 0 Å². The highest BCUT2D eigenvalue weighted by Crippen LogP contribution is 2.22. The summed E-state index contributed by atoms with van der Waals surface area (Å²) in [6.07, 6.45) is 3.73. The number of amides is 2. The molecule has 0 aromatic heterocycles. The molecule has 2 heterocycles. The van der Waals surface area contributed by atoms with Gasteiger partial charge in [0.15, 0.2) is 0 Å². The van der Waals surface area contributed by atoms with Crippen LogP contribution in [0.2, 0.25) is 0 Å². The molecule has 0 aliphatic carbocycles. The van der Waals surface area contributed by atoms with E-state index in [-0.39, 0.29) is 23.9 Å². The molecule has 5 heteroatoms. The summed E-state index contributed by atoms with van der Waals surface area (Å²) < 4.78 is 0. The fraction of sp³-hybridized carbons (Fsp3) is 0.556. The molecule has 124 valence electrons. The summed E-state index contributed by atoms with van der Waals surface area (Å²) in [4.78, 5) is 28.0. The van der Waals surface area contributed by atoms with E-state index in [2.05, 4.69) is 6.92 Å². The number of piperidine rings is 1. The molecule has 1 aromatic carbocycles. The Kier molecular flexibility index (Phi) is 4.66. The Bertz CT molecular complexity index is 584. The second-order valence-corrected chi connectivity index (χ2v) is 6.71. The highest BCUT2D eigenvalue weighted by atomic mass is 16.2. The minimum Gasteiger partial charge on any atom is -0.340 e. The first-order valence-electron chi connectivity index (χ1n) is 8.49. The molecule has 23 heavy (non-hydrogen) atoms. The topological polar surface area (TPSA) is 66.6 Å². The van der Waals surface area contributed by atoms with E-state index in [0.29, 0.717) is 12.8 Å². The molecule has 2 amide bonds. The molecule has 2 aliphatic rings. The van der Waals surface area contributed by atoms with Gasteiger partial charge in [-0.1, -0.05) is 12.1 Å². The van der Waals surface area contributed by atoms with Gasteiger partial charge in [-0.25, -0.2) is 0 Å². The summed E-state index contributed by atoms with van der Waals surface area (Å²) in [6.45, 7) is 3.61. The van der Waals surface area contributed by atoms with Crippen molar-refractivity contribution in [1.29, 1.82) is 0 Å². The van der Waals surface area contributed by atoms with E-state index in [1.807, 2.05) is 34.1 Å². The highest BCUT2D eigenvalue weighted by molar-refractivity contribution is 5.95. The number of nitrogens with two attached hydrogens (primary N) is 1. The number of carbonyl (C=O) groups is 2. The number of likely N-dealkylation sites (tertiary alicyclic amines) is 1. The van der Waals surface area contributed by atoms with Crippen LogP contribution >= 0.6 is 0 Å². The van der Waals surface area contributed by atoms with Crippen LogP contribution in [0.4, 0.5) is 5.69 Å². The van der Waals surface area contributed by atoms with Crippen LogP contribution in [0.5, 0.6) is 0 Å². The molecule has 2 N–H and O–H groups in total. The third kappa shape index (κ3) is 3.55. The Morgan fingerprint density at radius 3 is 2.61 bits per heavy atom. The molecule has 2 fully saturated rings. The van der Waals surface area contributed by atoms with Crippen LogP contribution in [0.15, 0.2) is 24.3 Å². The van der Waals surface area contributed by atoms with Crippen molar-refractivity contribution in [3.63, 3.8) is 0 Å². The Morgan fingerprint density at radius 1 is 1.26 bits per heavy atom. The van der Waals surface area contributed by atoms with Gasteiger partial charge < -0.3 is 15.5 Å². The fourth-order valence-corrected chi connectivity index (χ4v) is 3.57. The predicted octanol–water partition coefficient (Wildman–Crippen LogP) is 1.69. The molecular weight excluding hydrogens is 290 g/mol. The average molecular weight is 315 g/mol. The Labute approximate surface area is 137 Å². The average Bonchev–Trinajstić information content (AvgIpc) is 2.94. The smallest absolute Gasteiger partial charge is 0.227 e. The number of nitrogens with zero attached hydrogens (tertiary/aromatic N) is 2. The normalized spacial score (nSPS) is 25.0. The van der Waals surface area contributed by atoms with E-state index in [4.69, 9.17) is 5.73 Å². The summed E-state index contributed by atoms with van der Waals surface area (Å²) in [5.74, 6) is 0.349. The van der Waals surface area contributed by atoms with Crippen LogP contribution in [-0.4, -0.2) is 41.9 Å². The molecule has 0 spiro atoms. The van der Waals surface area contributed by atoms with Crippen molar-refractivity contribution in [2.75, 3.05) is 18.0 Å². The lowest BCUT2D eigenvalue weighted by molar-refractivity contribution is -0.133. The van der Waals surface area contributed by atoms with Gasteiger partial charge >= 0.3 is 0 Å². The van der Waals surface area contributed by atoms with Gasteiger partial charge in [0.25, 0.3) is 0 Å². The van der Waals surface area contributed by atoms with Gasteiger partial charge in [-0.3, -0.25) is 9.59 Å². The van der Waals surface area contributed by atoms with Gasteiger partial charge in [-0.2, -0.15) is 0 Å². The number of carbonyl (C=O) groups excluding carboxylic acids is 2. The summed E-state index contributed by atoms with van der Waals surface area (Å²) in [7, 11) is 0. The van der Waals surface area contributed by atoms with Crippen molar-refractivity contribution in [1.82, 2.24) is 4.90 Å². The molecular formula is C18H25N3O2. The van der Waals surface area contributed by atoms with Crippen molar-refractivity contribution in [2.45, 2.75) is 51.1 Å². The van der Waals surface area contributed by atoms with E-state index in [9.17, 15) is 9.59 Å². The predicted molar refractivity (Wildman–Crippen MR) is 90.1 cm³/mol. The minimum atomic E-state index is 0.161. The van der Waals surface area contributed by atoms with Crippen molar-refractivity contribution < 1.29 is 9.59 Å². The zero-order valence-corrected chi connectivity index (χ0v) is 13.7. The Morgan fingerprint density at radius 2 is 2.00 bits per heavy atom. The van der Waals surface area contributed by atoms with Crippen LogP contribution in [-0.2, 0) is 16.0 Å². The molecule has 2 atom stereocenters. The summed E-state index contributed by atoms with van der Waals surface area (Å²) >= 11 is 0. The zero-order chi connectivity index (χ0) is 16.4. The third-order valence-electron chi connectivity index (χ3n) is 4.91. The maximum Gasteiger partial charge on any atom is 0.227 e. The minimum absolute atomic E-state index is 0.161. The van der Waals surface area contributed by atoms with Gasteiger partial charge in [0.2, 0.25) is 11.8 Å². The molecule has 5 nitrogen and oxygen atoms in total. The Hall–Kier alpha value is -1.88. The number of hydrogen-bond acceptors (Lipinski definition) is 3. The van der Waals surface area contributed by atoms with Gasteiger partial charge in [0.05, 0.1) is 6.42 Å². The van der Waals surface area contributed by atoms with Gasteiger partial charge in [0.1, 0.15) is 0 Å². The lowest BCUT2D eigenvalue weighted by Gasteiger charge is -2.36. The molecule has 2 unspecified atom stereocenters. The molecule has 2 aliphatic heterocycles. The standard InChI is InChI=1S/C18H25N3O2/c1-13-11-15(19)8-10-20(13)18(23)12-14-4-6-16(7-5-14)21-9-2-3-17(21)22/h4-7,13,15H,2-3,8-12,19H2,1H3. The lowest BCUT2D eigenvalue weighted by Crippen LogP contribution is -2.48. The number of benzene rings is 1. The van der Waals surface area contributed by atoms with Gasteiger partial charge in [0, 0.05) is 37.3 Å². The second kappa shape index (κ2) is 6.71. The van der Waals surface area contributed by atoms with Crippen LogP contribution in [0, 0.1) is 0 Å². The maximum atomic E-state index is 12.5. The van der Waals surface area contributed by atoms with Gasteiger partial charge in [-0.05, 0) is 43.9 Å². The quantitative estimate of drug-likeness (QED) is 0.923. The fourth-order valence-electron chi connectivity index (χ4n) is 3.57. The van der Waals surface area contributed by atoms with E-state index in [1.54, 1.807) is 0 Å². The largest absolute Gasteiger partial charge is 0.340 e. The van der Waals surface area contributed by atoms with Crippen LogP contribution in [0.3, 0.4) is 0 Å². The van der Waals surface area contributed by atoms with Crippen LogP contribution < -0.4 is 10.6 Å². The third-order valence-corrected chi connectivity index (χ3v) is 4.91. The number of rotatable bonds is 3. The molecule has 1 aromatic rings. The summed E-state index contributed by atoms with van der Waals surface area (Å²) in [6, 6.07) is 8.24. The van der Waals surface area contributed by atoms with Crippen molar-refractivity contribution in [3.05, 3.63) is 29.8 Å². The molecule has 2 saturated heterocycles. The maximum absolute atomic E-state index is 12.5. The van der Waals surface area contributed by atoms with E-state index < -0.39 is 0 Å². The van der Waals surface area contributed by atoms with Crippen molar-refractivity contribution in [2.24, 2.45) is 5.73 Å². The zero-order valence-electron chi connectivity index (χ0n) is 13.7. The van der Waals surface area contributed by atoms with Crippen molar-refractivity contribution >= 4 is 17.5 Å². The molecule has 0 radical (unpaired) electrons. The molecule has 0 saturated carbocycles. The monoisotopic (exact) mass is 315 g/mol. The molecule has 0 bridgehead atoms. The van der Waals surface area contributed by atoms with E-state index in [0.717, 1.165) is 43.6 Å². The number of hydrogen-bond donors (Lipinski definition) is 1. The van der Waals surface area contributed by atoms with Crippen LogP contribution in [0.1, 0.15) is 38.2 Å². The number of anilines is 1. The Balaban J connectivity index is 1.62. The van der Waals surface area contributed by atoms with Gasteiger partial charge in [-0.15, -0.1) is 0 Å². The first-order chi connectivity index (χ1) is 11.0. The van der Waals surface area contributed by atoms with Crippen LogP contribution in [0.25, 0.3) is 0 Å². The first-order valence-corrected chi connectivity index (χ1v) is 8.49.